The first-order valence-corrected chi connectivity index (χ1v) is 11.2. The molecule has 2 aliphatic heterocycles. The molecule has 2 fully saturated rings. The average Bonchev–Trinajstić information content (AvgIpc) is 3.46. The van der Waals surface area contributed by atoms with E-state index in [4.69, 9.17) is 0 Å². The lowest BCUT2D eigenvalue weighted by molar-refractivity contribution is 0.0627. The molecule has 0 atom stereocenters. The minimum Gasteiger partial charge on any atom is -0.356 e. The van der Waals surface area contributed by atoms with Crippen molar-refractivity contribution < 1.29 is 4.79 Å². The zero-order valence-corrected chi connectivity index (χ0v) is 17.6. The van der Waals surface area contributed by atoms with Crippen LogP contribution in [0.5, 0.6) is 0 Å². The summed E-state index contributed by atoms with van der Waals surface area (Å²) < 4.78 is 1.57. The van der Waals surface area contributed by atoms with Crippen molar-refractivity contribution in [2.24, 2.45) is 0 Å². The minimum absolute atomic E-state index is 0.0453. The molecule has 5 heterocycles. The summed E-state index contributed by atoms with van der Waals surface area (Å²) in [5.74, 6) is 0.873. The standard InChI is InChI=1S/C21H24N6O2S/c28-18-14-16(23-21-27(18)12-13-30-21)15-24-8-10-26(11-9-24)20(29)17-4-3-5-22-19(17)25-6-1-2-7-25/h3-5,12-14H,1-2,6-11,15H2. The molecule has 2 saturated heterocycles. The van der Waals surface area contributed by atoms with E-state index in [0.717, 1.165) is 55.5 Å². The SMILES string of the molecule is O=C(c1cccnc1N1CCCC1)N1CCN(Cc2cc(=O)n3ccsc3n2)CC1. The van der Waals surface area contributed by atoms with E-state index in [1.807, 2.05) is 22.4 Å². The van der Waals surface area contributed by atoms with Gasteiger partial charge in [-0.2, -0.15) is 0 Å². The number of fused-ring (bicyclic) bond motifs is 1. The van der Waals surface area contributed by atoms with Crippen LogP contribution in [0.25, 0.3) is 4.96 Å². The largest absolute Gasteiger partial charge is 0.356 e. The van der Waals surface area contributed by atoms with Crippen LogP contribution in [0.4, 0.5) is 5.82 Å². The Hall–Kier alpha value is -2.78. The summed E-state index contributed by atoms with van der Waals surface area (Å²) in [5.41, 5.74) is 1.44. The van der Waals surface area contributed by atoms with Gasteiger partial charge in [0.15, 0.2) is 4.96 Å². The summed E-state index contributed by atoms with van der Waals surface area (Å²) in [7, 11) is 0. The second kappa shape index (κ2) is 8.16. The van der Waals surface area contributed by atoms with Gasteiger partial charge in [0.1, 0.15) is 5.82 Å². The molecule has 5 rings (SSSR count). The third-order valence-corrected chi connectivity index (χ3v) is 6.58. The molecular weight excluding hydrogens is 400 g/mol. The van der Waals surface area contributed by atoms with Crippen LogP contribution in [0.2, 0.25) is 0 Å². The molecule has 0 spiro atoms. The maximum absolute atomic E-state index is 13.2. The first-order valence-electron chi connectivity index (χ1n) is 10.4. The first-order chi connectivity index (χ1) is 14.7. The molecule has 0 radical (unpaired) electrons. The predicted octanol–water partition coefficient (Wildman–Crippen LogP) is 1.71. The van der Waals surface area contributed by atoms with Crippen molar-refractivity contribution in [1.29, 1.82) is 0 Å². The number of carbonyl (C=O) groups is 1. The lowest BCUT2D eigenvalue weighted by Gasteiger charge is -2.35. The number of aromatic nitrogens is 3. The van der Waals surface area contributed by atoms with E-state index in [0.29, 0.717) is 25.2 Å². The molecule has 3 aromatic heterocycles. The Morgan fingerprint density at radius 2 is 1.90 bits per heavy atom. The van der Waals surface area contributed by atoms with Gasteiger partial charge in [0.25, 0.3) is 11.5 Å². The Bertz CT molecular complexity index is 1110. The highest BCUT2D eigenvalue weighted by Gasteiger charge is 2.27. The number of thiazole rings is 1. The molecule has 156 valence electrons. The van der Waals surface area contributed by atoms with Gasteiger partial charge in [-0.05, 0) is 25.0 Å². The van der Waals surface area contributed by atoms with Crippen LogP contribution in [0.15, 0.2) is 40.8 Å². The molecule has 0 bridgehead atoms. The molecule has 0 aromatic carbocycles. The molecule has 3 aromatic rings. The Morgan fingerprint density at radius 3 is 2.70 bits per heavy atom. The van der Waals surface area contributed by atoms with E-state index >= 15 is 0 Å². The molecule has 9 heteroatoms. The zero-order valence-electron chi connectivity index (χ0n) is 16.7. The van der Waals surface area contributed by atoms with Gasteiger partial charge < -0.3 is 9.80 Å². The third kappa shape index (κ3) is 3.70. The van der Waals surface area contributed by atoms with Gasteiger partial charge in [0, 0.05) is 69.7 Å². The zero-order chi connectivity index (χ0) is 20.5. The normalized spacial score (nSPS) is 17.7. The molecule has 0 N–H and O–H groups in total. The molecule has 30 heavy (non-hydrogen) atoms. The summed E-state index contributed by atoms with van der Waals surface area (Å²) in [6, 6.07) is 5.34. The van der Waals surface area contributed by atoms with Crippen molar-refractivity contribution in [3.8, 4) is 0 Å². The van der Waals surface area contributed by atoms with Gasteiger partial charge in [-0.1, -0.05) is 0 Å². The molecule has 1 amide bonds. The molecular formula is C21H24N6O2S. The molecule has 0 unspecified atom stereocenters. The van der Waals surface area contributed by atoms with Gasteiger partial charge in [0.05, 0.1) is 11.3 Å². The van der Waals surface area contributed by atoms with Crippen LogP contribution >= 0.6 is 11.3 Å². The number of anilines is 1. The van der Waals surface area contributed by atoms with Crippen LogP contribution < -0.4 is 10.5 Å². The monoisotopic (exact) mass is 424 g/mol. The number of pyridine rings is 1. The summed E-state index contributed by atoms with van der Waals surface area (Å²) in [4.78, 5) is 41.6. The Balaban J connectivity index is 1.25. The maximum atomic E-state index is 13.2. The number of piperazine rings is 1. The second-order valence-corrected chi connectivity index (χ2v) is 8.65. The average molecular weight is 425 g/mol. The number of rotatable bonds is 4. The van der Waals surface area contributed by atoms with Gasteiger partial charge >= 0.3 is 0 Å². The number of hydrogen-bond donors (Lipinski definition) is 0. The number of carbonyl (C=O) groups excluding carboxylic acids is 1. The highest BCUT2D eigenvalue weighted by Crippen LogP contribution is 2.23. The van der Waals surface area contributed by atoms with Crippen molar-refractivity contribution in [2.75, 3.05) is 44.2 Å². The third-order valence-electron chi connectivity index (χ3n) is 5.82. The van der Waals surface area contributed by atoms with Crippen molar-refractivity contribution in [1.82, 2.24) is 24.2 Å². The van der Waals surface area contributed by atoms with Crippen molar-refractivity contribution in [3.05, 3.63) is 57.6 Å². The molecule has 0 saturated carbocycles. The van der Waals surface area contributed by atoms with E-state index in [-0.39, 0.29) is 11.5 Å². The topological polar surface area (TPSA) is 74.1 Å². The lowest BCUT2D eigenvalue weighted by Crippen LogP contribution is -2.48. The van der Waals surface area contributed by atoms with E-state index in [2.05, 4.69) is 19.8 Å². The first kappa shape index (κ1) is 19.2. The van der Waals surface area contributed by atoms with Crippen LogP contribution in [-0.4, -0.2) is 69.3 Å². The van der Waals surface area contributed by atoms with E-state index in [1.165, 1.54) is 11.3 Å². The summed E-state index contributed by atoms with van der Waals surface area (Å²) >= 11 is 1.46. The highest BCUT2D eigenvalue weighted by atomic mass is 32.1. The van der Waals surface area contributed by atoms with Crippen molar-refractivity contribution in [3.63, 3.8) is 0 Å². The van der Waals surface area contributed by atoms with Crippen LogP contribution in [0.3, 0.4) is 0 Å². The predicted molar refractivity (Wildman–Crippen MR) is 116 cm³/mol. The van der Waals surface area contributed by atoms with Gasteiger partial charge in [0.2, 0.25) is 0 Å². The quantitative estimate of drug-likeness (QED) is 0.635. The Morgan fingerprint density at radius 1 is 1.10 bits per heavy atom. The smallest absolute Gasteiger partial charge is 0.258 e. The van der Waals surface area contributed by atoms with E-state index in [1.54, 1.807) is 22.9 Å². The molecule has 0 aliphatic carbocycles. The van der Waals surface area contributed by atoms with Crippen LogP contribution in [0.1, 0.15) is 28.9 Å². The van der Waals surface area contributed by atoms with Crippen LogP contribution in [0, 0.1) is 0 Å². The lowest BCUT2D eigenvalue weighted by atomic mass is 10.2. The summed E-state index contributed by atoms with van der Waals surface area (Å²) in [6.45, 7) is 5.39. The summed E-state index contributed by atoms with van der Waals surface area (Å²) in [6.07, 6.45) is 5.82. The number of nitrogens with zero attached hydrogens (tertiary/aromatic N) is 6. The highest BCUT2D eigenvalue weighted by molar-refractivity contribution is 7.15. The number of amides is 1. The maximum Gasteiger partial charge on any atom is 0.258 e. The second-order valence-electron chi connectivity index (χ2n) is 7.78. The fraction of sp³-hybridized carbons (Fsp3) is 0.429. The fourth-order valence-electron chi connectivity index (χ4n) is 4.22. The minimum atomic E-state index is -0.0453. The fourth-order valence-corrected chi connectivity index (χ4v) is 4.96. The van der Waals surface area contributed by atoms with Gasteiger partial charge in [-0.3, -0.25) is 18.9 Å². The van der Waals surface area contributed by atoms with Crippen LogP contribution in [-0.2, 0) is 6.54 Å². The molecule has 2 aliphatic rings. The van der Waals surface area contributed by atoms with Gasteiger partial charge in [-0.15, -0.1) is 11.3 Å². The number of hydrogen-bond acceptors (Lipinski definition) is 7. The Labute approximate surface area is 178 Å². The Kier molecular flexibility index (Phi) is 5.22. The van der Waals surface area contributed by atoms with Crippen molar-refractivity contribution in [2.45, 2.75) is 19.4 Å². The van der Waals surface area contributed by atoms with Crippen molar-refractivity contribution >= 4 is 28.0 Å². The van der Waals surface area contributed by atoms with Gasteiger partial charge in [-0.25, -0.2) is 9.97 Å². The summed E-state index contributed by atoms with van der Waals surface area (Å²) in [5, 5.41) is 1.87. The van der Waals surface area contributed by atoms with E-state index in [9.17, 15) is 9.59 Å². The molecule has 8 nitrogen and oxygen atoms in total. The van der Waals surface area contributed by atoms with E-state index < -0.39 is 0 Å².